The van der Waals surface area contributed by atoms with Crippen molar-refractivity contribution in [1.82, 2.24) is 4.98 Å². The Morgan fingerprint density at radius 3 is 2.59 bits per heavy atom. The van der Waals surface area contributed by atoms with E-state index in [4.69, 9.17) is 18.9 Å². The largest absolute Gasteiger partial charge is 0.547 e. The summed E-state index contributed by atoms with van der Waals surface area (Å²) in [6.07, 6.45) is 2.37. The molecular weight excluding hydrogens is 356 g/mol. The number of aromatic hydroxyl groups is 1. The summed E-state index contributed by atoms with van der Waals surface area (Å²) in [6, 6.07) is 1.48. The summed E-state index contributed by atoms with van der Waals surface area (Å²) in [6.45, 7) is 5.44. The summed E-state index contributed by atoms with van der Waals surface area (Å²) < 4.78 is 21.4. The molecule has 1 aromatic rings. The highest BCUT2D eigenvalue weighted by Gasteiger charge is 2.35. The molecule has 9 nitrogen and oxygen atoms in total. The number of carbonyl (C=O) groups excluding carboxylic acids is 1. The average Bonchev–Trinajstić information content (AvgIpc) is 3.02. The Hall–Kier alpha value is -2.39. The Morgan fingerprint density at radius 2 is 1.96 bits per heavy atom. The summed E-state index contributed by atoms with van der Waals surface area (Å²) in [4.78, 5) is 19.0. The molecule has 1 aromatic heterocycles. The van der Waals surface area contributed by atoms with E-state index in [2.05, 4.69) is 9.98 Å². The van der Waals surface area contributed by atoms with E-state index in [1.54, 1.807) is 0 Å². The van der Waals surface area contributed by atoms with Crippen molar-refractivity contribution in [3.63, 3.8) is 0 Å². The van der Waals surface area contributed by atoms with Crippen LogP contribution in [0, 0.1) is 0 Å². The first-order chi connectivity index (χ1) is 12.5. The van der Waals surface area contributed by atoms with Crippen molar-refractivity contribution in [1.29, 1.82) is 0 Å². The maximum Gasteiger partial charge on any atom is 0.240 e. The molecule has 0 fully saturated rings. The Labute approximate surface area is 158 Å². The second-order valence-electron chi connectivity index (χ2n) is 5.85. The predicted octanol–water partition coefficient (Wildman–Crippen LogP) is 0.531. The summed E-state index contributed by atoms with van der Waals surface area (Å²) in [5, 5.41) is 21.4. The van der Waals surface area contributed by atoms with Gasteiger partial charge < -0.3 is 34.0 Å². The van der Waals surface area contributed by atoms with Crippen LogP contribution in [0.3, 0.4) is 0 Å². The van der Waals surface area contributed by atoms with E-state index >= 15 is 0 Å². The molecule has 27 heavy (non-hydrogen) atoms. The number of pyridine rings is 1. The van der Waals surface area contributed by atoms with Crippen molar-refractivity contribution in [2.45, 2.75) is 33.2 Å². The molecule has 2 rings (SSSR count). The molecule has 0 radical (unpaired) electrons. The van der Waals surface area contributed by atoms with Crippen LogP contribution in [0.15, 0.2) is 17.3 Å². The summed E-state index contributed by atoms with van der Waals surface area (Å²) in [7, 11) is 0. The molecule has 0 saturated carbocycles. The first kappa shape index (κ1) is 22.7. The number of carboxylic acid groups (broad SMARTS) is 1. The first-order valence-electron chi connectivity index (χ1n) is 8.38. The highest BCUT2D eigenvalue weighted by atomic mass is 16.5. The van der Waals surface area contributed by atoms with Crippen molar-refractivity contribution in [3.05, 3.63) is 18.0 Å². The summed E-state index contributed by atoms with van der Waals surface area (Å²) in [5.74, 6) is -1.53. The van der Waals surface area contributed by atoms with E-state index in [-0.39, 0.29) is 43.7 Å². The van der Waals surface area contributed by atoms with E-state index in [9.17, 15) is 15.0 Å². The molecule has 0 aliphatic carbocycles. The zero-order valence-electron chi connectivity index (χ0n) is 14.9. The molecule has 1 N–H and O–H groups in total. The maximum absolute atomic E-state index is 11.1. The standard InChI is InChI=1S/C17H24N2O7.CH4/c1-3-6-23-7-8-24-9-10-25-12-4-5-18-13(14(12)20)15-19-17(2,11-26-15)16(21)22;/h4-5,20H,3,6-11H2,1-2H3,(H,21,22);1H4/p-1/t17-;/m1./s1. The number of ether oxygens (including phenoxy) is 4. The van der Waals surface area contributed by atoms with Crippen LogP contribution < -0.4 is 9.84 Å². The van der Waals surface area contributed by atoms with Crippen LogP contribution in [0.5, 0.6) is 11.5 Å². The zero-order valence-corrected chi connectivity index (χ0v) is 14.9. The van der Waals surface area contributed by atoms with Gasteiger partial charge in [-0.2, -0.15) is 0 Å². The van der Waals surface area contributed by atoms with Crippen LogP contribution in [-0.4, -0.2) is 67.1 Å². The van der Waals surface area contributed by atoms with Crippen LogP contribution in [0.25, 0.3) is 0 Å². The van der Waals surface area contributed by atoms with Gasteiger partial charge >= 0.3 is 0 Å². The van der Waals surface area contributed by atoms with Crippen molar-refractivity contribution in [2.75, 3.05) is 39.6 Å². The number of carboxylic acids is 1. The molecule has 2 heterocycles. The number of aliphatic carboxylic acids is 1. The van der Waals surface area contributed by atoms with Gasteiger partial charge in [0.25, 0.3) is 0 Å². The maximum atomic E-state index is 11.1. The minimum atomic E-state index is -1.51. The Morgan fingerprint density at radius 1 is 1.30 bits per heavy atom. The van der Waals surface area contributed by atoms with E-state index in [1.165, 1.54) is 19.2 Å². The second-order valence-corrected chi connectivity index (χ2v) is 5.85. The average molecular weight is 383 g/mol. The molecule has 1 atom stereocenters. The quantitative estimate of drug-likeness (QED) is 0.549. The van der Waals surface area contributed by atoms with Gasteiger partial charge in [-0.15, -0.1) is 0 Å². The third-order valence-corrected chi connectivity index (χ3v) is 3.57. The van der Waals surface area contributed by atoms with E-state index in [0.29, 0.717) is 26.4 Å². The number of hydrogen-bond donors (Lipinski definition) is 1. The molecule has 0 amide bonds. The van der Waals surface area contributed by atoms with Crippen molar-refractivity contribution < 1.29 is 34.0 Å². The predicted molar refractivity (Wildman–Crippen MR) is 96.0 cm³/mol. The lowest BCUT2D eigenvalue weighted by molar-refractivity contribution is -0.312. The van der Waals surface area contributed by atoms with Gasteiger partial charge in [0.1, 0.15) is 18.8 Å². The number of hydrogen-bond acceptors (Lipinski definition) is 9. The molecule has 0 spiro atoms. The fourth-order valence-electron chi connectivity index (χ4n) is 2.11. The topological polar surface area (TPSA) is 123 Å². The van der Waals surface area contributed by atoms with Crippen molar-refractivity contribution >= 4 is 11.9 Å². The lowest BCUT2D eigenvalue weighted by Gasteiger charge is -2.18. The molecule has 0 aromatic carbocycles. The first-order valence-corrected chi connectivity index (χ1v) is 8.38. The van der Waals surface area contributed by atoms with Gasteiger partial charge in [-0.3, -0.25) is 0 Å². The number of aromatic nitrogens is 1. The summed E-state index contributed by atoms with van der Waals surface area (Å²) in [5.41, 5.74) is -1.49. The molecule has 9 heteroatoms. The minimum absolute atomic E-state index is 0. The second kappa shape index (κ2) is 10.7. The van der Waals surface area contributed by atoms with Gasteiger partial charge in [0, 0.05) is 18.9 Å². The molecule has 1 aliphatic rings. The number of rotatable bonds is 11. The number of aliphatic imine (C=N–C) groups is 1. The Balaban J connectivity index is 0.00000364. The van der Waals surface area contributed by atoms with E-state index in [0.717, 1.165) is 6.42 Å². The van der Waals surface area contributed by atoms with Crippen LogP contribution in [-0.2, 0) is 19.0 Å². The molecule has 0 saturated heterocycles. The van der Waals surface area contributed by atoms with Gasteiger partial charge in [0.05, 0.1) is 25.8 Å². The fourth-order valence-corrected chi connectivity index (χ4v) is 2.11. The monoisotopic (exact) mass is 383 g/mol. The molecule has 1 aliphatic heterocycles. The Kier molecular flexibility index (Phi) is 8.96. The van der Waals surface area contributed by atoms with Gasteiger partial charge in [0.2, 0.25) is 5.90 Å². The lowest BCUT2D eigenvalue weighted by Crippen LogP contribution is -2.45. The van der Waals surface area contributed by atoms with Gasteiger partial charge in [-0.05, 0) is 13.3 Å². The van der Waals surface area contributed by atoms with Crippen molar-refractivity contribution in [2.24, 2.45) is 4.99 Å². The number of carbonyl (C=O) groups is 1. The molecule has 0 unspecified atom stereocenters. The van der Waals surface area contributed by atoms with Gasteiger partial charge in [-0.25, -0.2) is 9.98 Å². The van der Waals surface area contributed by atoms with Gasteiger partial charge in [-0.1, -0.05) is 14.4 Å². The lowest BCUT2D eigenvalue weighted by atomic mass is 10.1. The normalized spacial score (nSPS) is 18.4. The number of nitrogens with zero attached hydrogens (tertiary/aromatic N) is 2. The van der Waals surface area contributed by atoms with Crippen LogP contribution in [0.4, 0.5) is 0 Å². The molecule has 0 bridgehead atoms. The van der Waals surface area contributed by atoms with Crippen LogP contribution in [0.1, 0.15) is 33.4 Å². The molecular formula is C18H27N2O7-. The van der Waals surface area contributed by atoms with Gasteiger partial charge in [0.15, 0.2) is 17.2 Å². The minimum Gasteiger partial charge on any atom is -0.547 e. The van der Waals surface area contributed by atoms with E-state index in [1.807, 2.05) is 6.92 Å². The van der Waals surface area contributed by atoms with E-state index < -0.39 is 11.5 Å². The Bertz CT molecular complexity index is 651. The van der Waals surface area contributed by atoms with Crippen LogP contribution in [0.2, 0.25) is 0 Å². The highest BCUT2D eigenvalue weighted by Crippen LogP contribution is 2.31. The molecule has 152 valence electrons. The smallest absolute Gasteiger partial charge is 0.240 e. The van der Waals surface area contributed by atoms with Crippen LogP contribution >= 0.6 is 0 Å². The summed E-state index contributed by atoms with van der Waals surface area (Å²) >= 11 is 0. The highest BCUT2D eigenvalue weighted by molar-refractivity contribution is 5.99. The fraction of sp³-hybridized carbons (Fsp3) is 0.611. The SMILES string of the molecule is C.CCCOCCOCCOc1ccnc(C2=N[C@@](C)(C(=O)[O-])CO2)c1O. The van der Waals surface area contributed by atoms with Crippen molar-refractivity contribution in [3.8, 4) is 11.5 Å². The third kappa shape index (κ3) is 6.07. The third-order valence-electron chi connectivity index (χ3n) is 3.57. The zero-order chi connectivity index (χ0) is 19.0.